The largest absolute Gasteiger partial charge is 0.355 e. The van der Waals surface area contributed by atoms with Crippen molar-refractivity contribution in [2.75, 3.05) is 6.54 Å². The van der Waals surface area contributed by atoms with Crippen LogP contribution < -0.4 is 10.6 Å². The van der Waals surface area contributed by atoms with E-state index in [1.807, 2.05) is 0 Å². The van der Waals surface area contributed by atoms with Crippen molar-refractivity contribution in [1.82, 2.24) is 10.6 Å². The first-order valence-corrected chi connectivity index (χ1v) is 6.69. The van der Waals surface area contributed by atoms with E-state index < -0.39 is 0 Å². The van der Waals surface area contributed by atoms with Crippen LogP contribution >= 0.6 is 0 Å². The number of hydrogen-bond acceptors (Lipinski definition) is 2. The van der Waals surface area contributed by atoms with Crippen LogP contribution in [0.2, 0.25) is 0 Å². The van der Waals surface area contributed by atoms with Crippen LogP contribution in [-0.2, 0) is 4.79 Å². The fourth-order valence-corrected chi connectivity index (χ4v) is 2.63. The predicted octanol–water partition coefficient (Wildman–Crippen LogP) is 2.23. The number of amides is 1. The average molecular weight is 246 g/mol. The molecule has 1 aliphatic heterocycles. The number of hydrogen-bond donors (Lipinski definition) is 2. The first-order valence-electron chi connectivity index (χ1n) is 6.69. The number of rotatable bonds is 3. The van der Waals surface area contributed by atoms with Gasteiger partial charge in [-0.1, -0.05) is 23.8 Å². The maximum Gasteiger partial charge on any atom is 0.237 e. The standard InChI is InChI=1S/C15H22N2O/c1-10-6-7-13(11(2)9-10)12(3)17-14-5-4-8-16-15(14)18/h6-7,9,12,14,17H,4-5,8H2,1-3H3,(H,16,18). The zero-order valence-corrected chi connectivity index (χ0v) is 11.4. The van der Waals surface area contributed by atoms with Crippen LogP contribution in [0.25, 0.3) is 0 Å². The SMILES string of the molecule is Cc1ccc(C(C)NC2CCCNC2=O)c(C)c1. The molecule has 0 saturated carbocycles. The van der Waals surface area contributed by atoms with Gasteiger partial charge in [0, 0.05) is 12.6 Å². The van der Waals surface area contributed by atoms with E-state index in [9.17, 15) is 4.79 Å². The molecule has 2 rings (SSSR count). The van der Waals surface area contributed by atoms with Crippen molar-refractivity contribution in [3.05, 3.63) is 34.9 Å². The minimum absolute atomic E-state index is 0.0468. The van der Waals surface area contributed by atoms with E-state index >= 15 is 0 Å². The summed E-state index contributed by atoms with van der Waals surface area (Å²) in [5.74, 6) is 0.137. The fraction of sp³-hybridized carbons (Fsp3) is 0.533. The summed E-state index contributed by atoms with van der Waals surface area (Å²) in [6, 6.07) is 6.63. The highest BCUT2D eigenvalue weighted by molar-refractivity contribution is 5.82. The quantitative estimate of drug-likeness (QED) is 0.858. The molecular weight excluding hydrogens is 224 g/mol. The van der Waals surface area contributed by atoms with Crippen LogP contribution in [0.1, 0.15) is 42.5 Å². The van der Waals surface area contributed by atoms with Gasteiger partial charge in [0.1, 0.15) is 0 Å². The lowest BCUT2D eigenvalue weighted by Gasteiger charge is -2.27. The number of carbonyl (C=O) groups excluding carboxylic acids is 1. The number of nitrogens with one attached hydrogen (secondary N) is 2. The Kier molecular flexibility index (Phi) is 4.02. The minimum atomic E-state index is -0.0468. The predicted molar refractivity (Wildman–Crippen MR) is 73.5 cm³/mol. The van der Waals surface area contributed by atoms with Crippen LogP contribution in [0, 0.1) is 13.8 Å². The fourth-order valence-electron chi connectivity index (χ4n) is 2.63. The van der Waals surface area contributed by atoms with Gasteiger partial charge in [-0.25, -0.2) is 0 Å². The maximum atomic E-state index is 11.7. The summed E-state index contributed by atoms with van der Waals surface area (Å²) in [5, 5.41) is 6.34. The van der Waals surface area contributed by atoms with E-state index in [4.69, 9.17) is 0 Å². The van der Waals surface area contributed by atoms with Crippen molar-refractivity contribution in [1.29, 1.82) is 0 Å². The molecule has 0 bridgehead atoms. The normalized spacial score (nSPS) is 21.5. The van der Waals surface area contributed by atoms with E-state index in [0.717, 1.165) is 19.4 Å². The molecule has 1 heterocycles. The van der Waals surface area contributed by atoms with Crippen LogP contribution in [0.15, 0.2) is 18.2 Å². The van der Waals surface area contributed by atoms with E-state index in [1.54, 1.807) is 0 Å². The average Bonchev–Trinajstić information content (AvgIpc) is 2.32. The highest BCUT2D eigenvalue weighted by Gasteiger charge is 2.23. The Labute approximate surface area is 109 Å². The van der Waals surface area contributed by atoms with Crippen molar-refractivity contribution >= 4 is 5.91 Å². The van der Waals surface area contributed by atoms with Gasteiger partial charge < -0.3 is 5.32 Å². The van der Waals surface area contributed by atoms with Gasteiger partial charge in [0.05, 0.1) is 6.04 Å². The first-order chi connectivity index (χ1) is 8.58. The molecule has 3 nitrogen and oxygen atoms in total. The molecule has 1 aliphatic rings. The monoisotopic (exact) mass is 246 g/mol. The Hall–Kier alpha value is -1.35. The molecule has 1 saturated heterocycles. The summed E-state index contributed by atoms with van der Waals surface area (Å²) < 4.78 is 0. The highest BCUT2D eigenvalue weighted by atomic mass is 16.2. The Morgan fingerprint density at radius 3 is 2.83 bits per heavy atom. The molecule has 0 aliphatic carbocycles. The highest BCUT2D eigenvalue weighted by Crippen LogP contribution is 2.20. The summed E-state index contributed by atoms with van der Waals surface area (Å²) in [6.07, 6.45) is 1.99. The molecule has 0 aromatic heterocycles. The number of carbonyl (C=O) groups is 1. The van der Waals surface area contributed by atoms with Gasteiger partial charge in [0.15, 0.2) is 0 Å². The summed E-state index contributed by atoms with van der Waals surface area (Å²) in [6.45, 7) is 7.17. The molecule has 2 atom stereocenters. The zero-order chi connectivity index (χ0) is 13.1. The molecule has 1 aromatic rings. The summed E-state index contributed by atoms with van der Waals surface area (Å²) in [4.78, 5) is 11.7. The lowest BCUT2D eigenvalue weighted by Crippen LogP contribution is -2.48. The van der Waals surface area contributed by atoms with Crippen molar-refractivity contribution in [2.24, 2.45) is 0 Å². The van der Waals surface area contributed by atoms with Crippen molar-refractivity contribution in [3.8, 4) is 0 Å². The molecule has 2 unspecified atom stereocenters. The van der Waals surface area contributed by atoms with Gasteiger partial charge in [0.25, 0.3) is 0 Å². The molecule has 0 radical (unpaired) electrons. The molecule has 1 fully saturated rings. The second-order valence-electron chi connectivity index (χ2n) is 5.23. The number of piperidine rings is 1. The van der Waals surface area contributed by atoms with Crippen LogP contribution in [0.4, 0.5) is 0 Å². The van der Waals surface area contributed by atoms with E-state index in [-0.39, 0.29) is 18.0 Å². The first kappa shape index (κ1) is 13.1. The lowest BCUT2D eigenvalue weighted by atomic mass is 9.98. The van der Waals surface area contributed by atoms with Gasteiger partial charge in [-0.2, -0.15) is 0 Å². The molecular formula is C15H22N2O. The van der Waals surface area contributed by atoms with Crippen LogP contribution in [0.3, 0.4) is 0 Å². The molecule has 1 amide bonds. The molecule has 18 heavy (non-hydrogen) atoms. The van der Waals surface area contributed by atoms with Crippen molar-refractivity contribution in [3.63, 3.8) is 0 Å². The zero-order valence-electron chi connectivity index (χ0n) is 11.4. The van der Waals surface area contributed by atoms with Gasteiger partial charge in [0.2, 0.25) is 5.91 Å². The third-order valence-corrected chi connectivity index (χ3v) is 3.63. The second kappa shape index (κ2) is 5.53. The van der Waals surface area contributed by atoms with Gasteiger partial charge in [-0.05, 0) is 44.7 Å². The number of benzene rings is 1. The summed E-state index contributed by atoms with van der Waals surface area (Å²) >= 11 is 0. The lowest BCUT2D eigenvalue weighted by molar-refractivity contribution is -0.124. The second-order valence-corrected chi connectivity index (χ2v) is 5.23. The topological polar surface area (TPSA) is 41.1 Å². The third kappa shape index (κ3) is 2.91. The third-order valence-electron chi connectivity index (χ3n) is 3.63. The molecule has 2 N–H and O–H groups in total. The maximum absolute atomic E-state index is 11.7. The summed E-state index contributed by atoms with van der Waals surface area (Å²) in [7, 11) is 0. The van der Waals surface area contributed by atoms with Crippen LogP contribution in [-0.4, -0.2) is 18.5 Å². The Morgan fingerprint density at radius 2 is 2.17 bits per heavy atom. The van der Waals surface area contributed by atoms with Crippen molar-refractivity contribution in [2.45, 2.75) is 45.7 Å². The molecule has 1 aromatic carbocycles. The molecule has 3 heteroatoms. The minimum Gasteiger partial charge on any atom is -0.355 e. The van der Waals surface area contributed by atoms with Gasteiger partial charge in [-0.15, -0.1) is 0 Å². The van der Waals surface area contributed by atoms with E-state index in [0.29, 0.717) is 0 Å². The van der Waals surface area contributed by atoms with Crippen LogP contribution in [0.5, 0.6) is 0 Å². The smallest absolute Gasteiger partial charge is 0.237 e. The molecule has 98 valence electrons. The Bertz CT molecular complexity index is 442. The van der Waals surface area contributed by atoms with E-state index in [2.05, 4.69) is 49.6 Å². The Morgan fingerprint density at radius 1 is 1.39 bits per heavy atom. The molecule has 0 spiro atoms. The van der Waals surface area contributed by atoms with Gasteiger partial charge in [-0.3, -0.25) is 10.1 Å². The van der Waals surface area contributed by atoms with Gasteiger partial charge >= 0.3 is 0 Å². The Balaban J connectivity index is 2.06. The van der Waals surface area contributed by atoms with Crippen molar-refractivity contribution < 1.29 is 4.79 Å². The summed E-state index contributed by atoms with van der Waals surface area (Å²) in [5.41, 5.74) is 3.84. The number of aryl methyl sites for hydroxylation is 2. The van der Waals surface area contributed by atoms with E-state index in [1.165, 1.54) is 16.7 Å².